The maximum absolute atomic E-state index is 12.7. The van der Waals surface area contributed by atoms with E-state index in [2.05, 4.69) is 15.6 Å². The van der Waals surface area contributed by atoms with Gasteiger partial charge in [0.15, 0.2) is 0 Å². The number of hydrogen-bond donors (Lipinski definition) is 3. The molecule has 0 saturated heterocycles. The summed E-state index contributed by atoms with van der Waals surface area (Å²) >= 11 is 0. The van der Waals surface area contributed by atoms with Gasteiger partial charge < -0.3 is 15.6 Å². The fraction of sp³-hybridized carbons (Fsp3) is 0.250. The average molecular weight is 375 g/mol. The Morgan fingerprint density at radius 2 is 1.85 bits per heavy atom. The fourth-order valence-electron chi connectivity index (χ4n) is 2.89. The van der Waals surface area contributed by atoms with Gasteiger partial charge in [-0.2, -0.15) is 13.2 Å². The van der Waals surface area contributed by atoms with Gasteiger partial charge in [0.25, 0.3) is 0 Å². The molecule has 3 N–H and O–H groups in total. The first kappa shape index (κ1) is 18.8. The number of fused-ring (bicyclic) bond motifs is 1. The highest BCUT2D eigenvalue weighted by molar-refractivity contribution is 5.83. The molecule has 1 heterocycles. The highest BCUT2D eigenvalue weighted by Gasteiger charge is 2.30. The molecule has 142 valence electrons. The fourth-order valence-corrected chi connectivity index (χ4v) is 2.89. The first-order valence-electron chi connectivity index (χ1n) is 8.66. The summed E-state index contributed by atoms with van der Waals surface area (Å²) in [6.07, 6.45) is -1.55. The molecule has 4 nitrogen and oxygen atoms in total. The zero-order valence-corrected chi connectivity index (χ0v) is 14.6. The third kappa shape index (κ3) is 5.03. The number of benzene rings is 2. The van der Waals surface area contributed by atoms with Crippen LogP contribution in [0.5, 0.6) is 0 Å². The Kier molecular flexibility index (Phi) is 5.69. The number of halogens is 3. The van der Waals surface area contributed by atoms with Gasteiger partial charge in [-0.05, 0) is 36.2 Å². The predicted molar refractivity (Wildman–Crippen MR) is 99.6 cm³/mol. The van der Waals surface area contributed by atoms with Crippen molar-refractivity contribution in [1.29, 1.82) is 0 Å². The van der Waals surface area contributed by atoms with Crippen LogP contribution in [0.15, 0.2) is 54.7 Å². The van der Waals surface area contributed by atoms with Gasteiger partial charge in [-0.15, -0.1) is 0 Å². The SMILES string of the molecule is O=C(CCNc1cccc(C(F)(F)F)c1)NCCc1c[nH]c2ccccc12. The molecule has 27 heavy (non-hydrogen) atoms. The molecule has 0 fully saturated rings. The van der Waals surface area contributed by atoms with Gasteiger partial charge in [0.05, 0.1) is 5.56 Å². The van der Waals surface area contributed by atoms with E-state index in [-0.39, 0.29) is 18.9 Å². The molecular weight excluding hydrogens is 355 g/mol. The number of aromatic amines is 1. The summed E-state index contributed by atoms with van der Waals surface area (Å²) in [4.78, 5) is 15.1. The maximum Gasteiger partial charge on any atom is 0.416 e. The number of para-hydroxylation sites is 1. The normalized spacial score (nSPS) is 11.5. The van der Waals surface area contributed by atoms with Crippen molar-refractivity contribution in [3.63, 3.8) is 0 Å². The third-order valence-corrected chi connectivity index (χ3v) is 4.26. The molecule has 7 heteroatoms. The first-order valence-corrected chi connectivity index (χ1v) is 8.66. The molecular formula is C20H20F3N3O. The molecule has 3 rings (SSSR count). The monoisotopic (exact) mass is 375 g/mol. The molecule has 2 aromatic carbocycles. The molecule has 0 bridgehead atoms. The molecule has 1 aromatic heterocycles. The van der Waals surface area contributed by atoms with Crippen molar-refractivity contribution in [1.82, 2.24) is 10.3 Å². The van der Waals surface area contributed by atoms with Crippen molar-refractivity contribution in [2.24, 2.45) is 0 Å². The summed E-state index contributed by atoms with van der Waals surface area (Å²) in [5.41, 5.74) is 1.82. The van der Waals surface area contributed by atoms with Crippen LogP contribution in [0.25, 0.3) is 10.9 Å². The van der Waals surface area contributed by atoms with E-state index in [1.807, 2.05) is 30.5 Å². The summed E-state index contributed by atoms with van der Waals surface area (Å²) in [7, 11) is 0. The van der Waals surface area contributed by atoms with E-state index >= 15 is 0 Å². The zero-order valence-electron chi connectivity index (χ0n) is 14.6. The minimum absolute atomic E-state index is 0.144. The third-order valence-electron chi connectivity index (χ3n) is 4.26. The molecule has 0 unspecified atom stereocenters. The van der Waals surface area contributed by atoms with Crippen LogP contribution in [0.2, 0.25) is 0 Å². The Morgan fingerprint density at radius 3 is 2.67 bits per heavy atom. The number of rotatable bonds is 7. The van der Waals surface area contributed by atoms with E-state index in [1.54, 1.807) is 6.07 Å². The molecule has 0 aliphatic heterocycles. The molecule has 3 aromatic rings. The predicted octanol–water partition coefficient (Wildman–Crippen LogP) is 4.35. The molecule has 0 spiro atoms. The quantitative estimate of drug-likeness (QED) is 0.575. The van der Waals surface area contributed by atoms with Crippen LogP contribution in [0.3, 0.4) is 0 Å². The molecule has 0 aliphatic carbocycles. The van der Waals surface area contributed by atoms with Crippen molar-refractivity contribution < 1.29 is 18.0 Å². The maximum atomic E-state index is 12.7. The van der Waals surface area contributed by atoms with E-state index in [0.717, 1.165) is 28.6 Å². The van der Waals surface area contributed by atoms with Crippen LogP contribution in [-0.2, 0) is 17.4 Å². The Hall–Kier alpha value is -2.96. The molecule has 0 saturated carbocycles. The number of H-pyrrole nitrogens is 1. The van der Waals surface area contributed by atoms with Crippen LogP contribution in [0, 0.1) is 0 Å². The number of hydrogen-bond acceptors (Lipinski definition) is 2. The Bertz CT molecular complexity index is 918. The van der Waals surface area contributed by atoms with Crippen molar-refractivity contribution in [3.8, 4) is 0 Å². The van der Waals surface area contributed by atoms with E-state index in [9.17, 15) is 18.0 Å². The first-order chi connectivity index (χ1) is 12.9. The second-order valence-electron chi connectivity index (χ2n) is 6.21. The average Bonchev–Trinajstić information content (AvgIpc) is 3.05. The van der Waals surface area contributed by atoms with E-state index in [0.29, 0.717) is 18.7 Å². The number of carbonyl (C=O) groups is 1. The van der Waals surface area contributed by atoms with Gasteiger partial charge in [0.2, 0.25) is 5.91 Å². The largest absolute Gasteiger partial charge is 0.416 e. The van der Waals surface area contributed by atoms with E-state index in [4.69, 9.17) is 0 Å². The topological polar surface area (TPSA) is 56.9 Å². The Labute approximate surface area is 154 Å². The van der Waals surface area contributed by atoms with E-state index in [1.165, 1.54) is 6.07 Å². The highest BCUT2D eigenvalue weighted by atomic mass is 19.4. The lowest BCUT2D eigenvalue weighted by atomic mass is 10.1. The second kappa shape index (κ2) is 8.16. The summed E-state index contributed by atoms with van der Waals surface area (Å²) < 4.78 is 38.0. The van der Waals surface area contributed by atoms with Crippen molar-refractivity contribution in [2.75, 3.05) is 18.4 Å². The zero-order chi connectivity index (χ0) is 19.3. The molecule has 1 amide bonds. The van der Waals surface area contributed by atoms with Gasteiger partial charge in [0.1, 0.15) is 0 Å². The van der Waals surface area contributed by atoms with Crippen LogP contribution in [-0.4, -0.2) is 24.0 Å². The van der Waals surface area contributed by atoms with Crippen LogP contribution < -0.4 is 10.6 Å². The smallest absolute Gasteiger partial charge is 0.385 e. The lowest BCUT2D eigenvalue weighted by Crippen LogP contribution is -2.27. The standard InChI is InChI=1S/C20H20F3N3O/c21-20(22,23)15-4-3-5-16(12-15)24-11-9-19(27)25-10-8-14-13-26-18-7-2-1-6-17(14)18/h1-7,12-13,24,26H,8-11H2,(H,25,27). The van der Waals surface area contributed by atoms with E-state index < -0.39 is 11.7 Å². The van der Waals surface area contributed by atoms with Gasteiger partial charge in [-0.1, -0.05) is 24.3 Å². The highest BCUT2D eigenvalue weighted by Crippen LogP contribution is 2.30. The molecule has 0 atom stereocenters. The minimum atomic E-state index is -4.38. The molecule has 0 aliphatic rings. The van der Waals surface area contributed by atoms with Gasteiger partial charge in [0, 0.05) is 42.3 Å². The summed E-state index contributed by atoms with van der Waals surface area (Å²) in [5.74, 6) is -0.144. The number of carbonyl (C=O) groups excluding carboxylic acids is 1. The van der Waals surface area contributed by atoms with Crippen LogP contribution in [0.4, 0.5) is 18.9 Å². The van der Waals surface area contributed by atoms with Crippen molar-refractivity contribution in [2.45, 2.75) is 19.0 Å². The Balaban J connectivity index is 1.41. The summed E-state index contributed by atoms with van der Waals surface area (Å²) in [6.45, 7) is 0.768. The number of nitrogens with one attached hydrogen (secondary N) is 3. The summed E-state index contributed by atoms with van der Waals surface area (Å²) in [5, 5.41) is 6.82. The Morgan fingerprint density at radius 1 is 1.04 bits per heavy atom. The number of alkyl halides is 3. The van der Waals surface area contributed by atoms with Gasteiger partial charge >= 0.3 is 6.18 Å². The van der Waals surface area contributed by atoms with Gasteiger partial charge in [-0.3, -0.25) is 4.79 Å². The lowest BCUT2D eigenvalue weighted by Gasteiger charge is -2.10. The van der Waals surface area contributed by atoms with Crippen molar-refractivity contribution >= 4 is 22.5 Å². The lowest BCUT2D eigenvalue weighted by molar-refractivity contribution is -0.137. The number of aromatic nitrogens is 1. The van der Waals surface area contributed by atoms with Gasteiger partial charge in [-0.25, -0.2) is 0 Å². The van der Waals surface area contributed by atoms with Crippen LogP contribution in [0.1, 0.15) is 17.5 Å². The molecule has 0 radical (unpaired) electrons. The van der Waals surface area contributed by atoms with Crippen molar-refractivity contribution in [3.05, 3.63) is 65.9 Å². The second-order valence-corrected chi connectivity index (χ2v) is 6.21. The van der Waals surface area contributed by atoms with Crippen LogP contribution >= 0.6 is 0 Å². The minimum Gasteiger partial charge on any atom is -0.385 e. The number of anilines is 1. The summed E-state index contributed by atoms with van der Waals surface area (Å²) in [6, 6.07) is 12.9. The number of amides is 1.